The van der Waals surface area contributed by atoms with E-state index in [1.165, 1.54) is 49.3 Å². The molecule has 1 aliphatic heterocycles. The third-order valence-electron chi connectivity index (χ3n) is 5.12. The molecule has 1 radical (unpaired) electrons. The van der Waals surface area contributed by atoms with Gasteiger partial charge in [-0.15, -0.1) is 11.8 Å². The Morgan fingerprint density at radius 1 is 1.03 bits per heavy atom. The number of rotatable bonds is 0. The Morgan fingerprint density at radius 2 is 1.76 bits per heavy atom. The van der Waals surface area contributed by atoms with Crippen LogP contribution in [0.3, 0.4) is 0 Å². The molecule has 0 spiro atoms. The average Bonchev–Trinajstić information content (AvgIpc) is 3.30. The molecule has 3 aliphatic carbocycles. The number of thioether (sulfide) groups is 1. The van der Waals surface area contributed by atoms with Crippen molar-refractivity contribution in [1.82, 2.24) is 0 Å². The molecular weight excluding hydrogens is 474 g/mol. The van der Waals surface area contributed by atoms with Crippen molar-refractivity contribution in [2.24, 2.45) is 0 Å². The number of halogens is 3. The minimum atomic E-state index is -0.102. The topological polar surface area (TPSA) is 0 Å². The first-order valence-corrected chi connectivity index (χ1v) is 11.4. The van der Waals surface area contributed by atoms with E-state index >= 15 is 0 Å². The van der Waals surface area contributed by atoms with Crippen LogP contribution in [0.5, 0.6) is 0 Å². The molecule has 1 aromatic carbocycles. The van der Waals surface area contributed by atoms with Gasteiger partial charge in [-0.1, -0.05) is 80.1 Å². The summed E-state index contributed by atoms with van der Waals surface area (Å²) in [4.78, 5) is 0. The molecule has 0 bridgehead atoms. The fourth-order valence-corrected chi connectivity index (χ4v) is 5.29. The molecule has 1 aromatic rings. The summed E-state index contributed by atoms with van der Waals surface area (Å²) in [6.45, 7) is 0. The Bertz CT molecular complexity index is 725. The molecule has 4 aliphatic rings. The first-order chi connectivity index (χ1) is 12.7. The van der Waals surface area contributed by atoms with Gasteiger partial charge in [-0.3, -0.25) is 0 Å². The number of hydrogen-bond acceptors (Lipinski definition) is 1. The second-order valence-electron chi connectivity index (χ2n) is 7.19. The maximum absolute atomic E-state index is 11.7. The van der Waals surface area contributed by atoms with Gasteiger partial charge in [0, 0.05) is 10.2 Å². The maximum Gasteiger partial charge on any atom is 2.00 e. The summed E-state index contributed by atoms with van der Waals surface area (Å²) >= 11 is 1.93. The van der Waals surface area contributed by atoms with E-state index in [1.807, 2.05) is 11.8 Å². The van der Waals surface area contributed by atoms with Gasteiger partial charge in [0.05, 0.1) is 5.25 Å². The van der Waals surface area contributed by atoms with E-state index in [-0.39, 0.29) is 52.4 Å². The van der Waals surface area contributed by atoms with Crippen LogP contribution >= 0.6 is 11.8 Å². The van der Waals surface area contributed by atoms with Crippen molar-refractivity contribution in [3.05, 3.63) is 82.6 Å². The van der Waals surface area contributed by atoms with E-state index in [2.05, 4.69) is 52.1 Å². The van der Waals surface area contributed by atoms with Crippen LogP contribution in [0.25, 0.3) is 0 Å². The molecule has 155 valence electrons. The van der Waals surface area contributed by atoms with E-state index in [0.29, 0.717) is 5.25 Å². The van der Waals surface area contributed by atoms with Crippen molar-refractivity contribution < 1.29 is 50.9 Å². The van der Waals surface area contributed by atoms with Gasteiger partial charge in [-0.2, -0.15) is 0 Å². The molecule has 1 saturated carbocycles. The normalized spacial score (nSPS) is 20.6. The molecule has 0 amide bonds. The summed E-state index contributed by atoms with van der Waals surface area (Å²) < 4.78 is 11.7. The fourth-order valence-electron chi connectivity index (χ4n) is 3.67. The zero-order chi connectivity index (χ0) is 18.2. The summed E-state index contributed by atoms with van der Waals surface area (Å²) in [5, 5.41) is 2.80. The van der Waals surface area contributed by atoms with Crippen LogP contribution in [0.1, 0.15) is 54.9 Å². The molecule has 1 atom stereocenters. The third kappa shape index (κ3) is 9.33. The van der Waals surface area contributed by atoms with Crippen molar-refractivity contribution in [3.8, 4) is 0 Å². The summed E-state index contributed by atoms with van der Waals surface area (Å²) in [6, 6.07) is 8.78. The molecule has 29 heavy (non-hydrogen) atoms. The van der Waals surface area contributed by atoms with Crippen LogP contribution in [0.15, 0.2) is 71.5 Å². The second kappa shape index (κ2) is 15.7. The monoisotopic (exact) mass is 501 g/mol. The van der Waals surface area contributed by atoms with Gasteiger partial charge in [-0.05, 0) is 47.1 Å². The van der Waals surface area contributed by atoms with Gasteiger partial charge in [0.25, 0.3) is 0 Å². The van der Waals surface area contributed by atoms with Gasteiger partial charge >= 0.3 is 21.7 Å². The van der Waals surface area contributed by atoms with Crippen molar-refractivity contribution >= 4 is 22.0 Å². The van der Waals surface area contributed by atoms with Crippen LogP contribution < -0.4 is 24.8 Å². The SMILES string of the molecule is C1=CSC2C(=C1)Cc1ccccc12.FC1=CCC=C1.[Cl-].[Cl-].[SiH2]C1CCCCC1.[Ti+2]. The molecular formula is C23H28Cl2FSSiTi. The van der Waals surface area contributed by atoms with Crippen molar-refractivity contribution in [2.75, 3.05) is 0 Å². The Balaban J connectivity index is 0.000000425. The fraction of sp³-hybridized carbons (Fsp3) is 0.391. The maximum atomic E-state index is 11.7. The molecule has 0 saturated heterocycles. The Labute approximate surface area is 210 Å². The predicted molar refractivity (Wildman–Crippen MR) is 116 cm³/mol. The van der Waals surface area contributed by atoms with Crippen molar-refractivity contribution in [2.45, 2.75) is 55.7 Å². The summed E-state index contributed by atoms with van der Waals surface area (Å²) in [6.07, 6.45) is 18.6. The van der Waals surface area contributed by atoms with E-state index in [4.69, 9.17) is 0 Å². The zero-order valence-corrected chi connectivity index (χ0v) is 21.9. The van der Waals surface area contributed by atoms with Gasteiger partial charge in [0.1, 0.15) is 5.83 Å². The number of fused-ring (bicyclic) bond motifs is 3. The molecule has 0 nitrogen and oxygen atoms in total. The molecule has 1 fully saturated rings. The average molecular weight is 502 g/mol. The number of allylic oxidation sites excluding steroid dienone is 6. The predicted octanol–water partition coefficient (Wildman–Crippen LogP) is 0.648. The number of hydrogen-bond donors (Lipinski definition) is 0. The van der Waals surface area contributed by atoms with Gasteiger partial charge in [-0.25, -0.2) is 4.39 Å². The van der Waals surface area contributed by atoms with E-state index in [1.54, 1.807) is 17.7 Å². The minimum absolute atomic E-state index is 0. The summed E-state index contributed by atoms with van der Waals surface area (Å²) in [7, 11) is 2.18. The summed E-state index contributed by atoms with van der Waals surface area (Å²) in [5.74, 6) is -0.102. The van der Waals surface area contributed by atoms with Crippen LogP contribution in [-0.4, -0.2) is 10.2 Å². The van der Waals surface area contributed by atoms with Gasteiger partial charge in [0.2, 0.25) is 0 Å². The third-order valence-corrected chi connectivity index (χ3v) is 7.08. The van der Waals surface area contributed by atoms with Gasteiger partial charge < -0.3 is 24.8 Å². The van der Waals surface area contributed by atoms with Crippen molar-refractivity contribution in [1.29, 1.82) is 0 Å². The first-order valence-electron chi connectivity index (χ1n) is 9.68. The van der Waals surface area contributed by atoms with Crippen LogP contribution in [-0.2, 0) is 28.1 Å². The molecule has 1 unspecified atom stereocenters. The molecule has 6 heteroatoms. The largest absolute Gasteiger partial charge is 2.00 e. The van der Waals surface area contributed by atoms with Crippen LogP contribution in [0.2, 0.25) is 5.54 Å². The van der Waals surface area contributed by atoms with Crippen molar-refractivity contribution in [3.63, 3.8) is 0 Å². The van der Waals surface area contributed by atoms with E-state index in [9.17, 15) is 4.39 Å². The Kier molecular flexibility index (Phi) is 15.7. The van der Waals surface area contributed by atoms with Crippen LogP contribution in [0, 0.1) is 0 Å². The minimum Gasteiger partial charge on any atom is -1.00 e. The van der Waals surface area contributed by atoms with Crippen LogP contribution in [0.4, 0.5) is 4.39 Å². The standard InChI is InChI=1S/C12H10S.C6H13Si.C5H5F.2ClH.Ti/c1-2-6-11-9(4-1)8-10-5-3-7-13-12(10)11;7-6-4-2-1-3-5-6;6-5-3-1-2-4-5;;;/h1-7,12H,8H2;6H,1-5,7H2;1,3-4H,2H2;2*1H;/q;;;;;+2/p-2. The Morgan fingerprint density at radius 3 is 2.31 bits per heavy atom. The zero-order valence-electron chi connectivity index (χ0n) is 16.6. The van der Waals surface area contributed by atoms with Gasteiger partial charge in [0.15, 0.2) is 0 Å². The molecule has 0 N–H and O–H groups in total. The second-order valence-corrected chi connectivity index (χ2v) is 9.36. The molecule has 5 rings (SSSR count). The Hall–Kier alpha value is -0.0288. The quantitative estimate of drug-likeness (QED) is 0.470. The smallest absolute Gasteiger partial charge is 1.00 e. The molecule has 1 heterocycles. The van der Waals surface area contributed by atoms with E-state index < -0.39 is 0 Å². The molecule has 0 aromatic heterocycles. The van der Waals surface area contributed by atoms with E-state index in [0.717, 1.165) is 18.4 Å². The number of benzene rings is 1. The summed E-state index contributed by atoms with van der Waals surface area (Å²) in [5.41, 5.74) is 5.65. The first kappa shape index (κ1) is 29.0.